The lowest BCUT2D eigenvalue weighted by molar-refractivity contribution is 0.185. The fourth-order valence-corrected chi connectivity index (χ4v) is 3.26. The Morgan fingerprint density at radius 3 is 2.70 bits per heavy atom. The van der Waals surface area contributed by atoms with Gasteiger partial charge in [-0.2, -0.15) is 0 Å². The third-order valence-electron chi connectivity index (χ3n) is 4.42. The van der Waals surface area contributed by atoms with Crippen molar-refractivity contribution in [1.82, 2.24) is 10.2 Å². The molecule has 1 aromatic carbocycles. The van der Waals surface area contributed by atoms with E-state index in [1.807, 2.05) is 0 Å². The largest absolute Gasteiger partial charge is 0.392 e. The van der Waals surface area contributed by atoms with E-state index in [0.29, 0.717) is 6.04 Å². The molecule has 0 amide bonds. The molecule has 20 heavy (non-hydrogen) atoms. The molecule has 1 aromatic rings. The van der Waals surface area contributed by atoms with Gasteiger partial charge in [-0.05, 0) is 31.0 Å². The van der Waals surface area contributed by atoms with Gasteiger partial charge in [0, 0.05) is 51.0 Å². The molecule has 0 aliphatic carbocycles. The summed E-state index contributed by atoms with van der Waals surface area (Å²) in [6.07, 6.45) is 0.756. The zero-order chi connectivity index (χ0) is 13.9. The van der Waals surface area contributed by atoms with Crippen molar-refractivity contribution in [3.63, 3.8) is 0 Å². The summed E-state index contributed by atoms with van der Waals surface area (Å²) in [6, 6.07) is 9.23. The summed E-state index contributed by atoms with van der Waals surface area (Å²) in [5, 5.41) is 13.0. The summed E-state index contributed by atoms with van der Waals surface area (Å²) in [5.74, 6) is 0. The van der Waals surface area contributed by atoms with Gasteiger partial charge in [-0.25, -0.2) is 0 Å². The number of nitrogens with one attached hydrogen (secondary N) is 1. The first-order chi connectivity index (χ1) is 9.70. The minimum absolute atomic E-state index is 0.145. The molecule has 0 radical (unpaired) electrons. The smallest absolute Gasteiger partial charge is 0.0680 e. The molecule has 3 rings (SSSR count). The van der Waals surface area contributed by atoms with Crippen LogP contribution in [0.4, 0.5) is 5.69 Å². The Kier molecular flexibility index (Phi) is 4.24. The molecular weight excluding hydrogens is 250 g/mol. The van der Waals surface area contributed by atoms with E-state index < -0.39 is 0 Å². The molecule has 2 aliphatic heterocycles. The van der Waals surface area contributed by atoms with Gasteiger partial charge in [0.05, 0.1) is 6.10 Å². The van der Waals surface area contributed by atoms with Crippen LogP contribution in [0.3, 0.4) is 0 Å². The number of piperazine rings is 1. The van der Waals surface area contributed by atoms with Crippen LogP contribution in [0.15, 0.2) is 24.3 Å². The van der Waals surface area contributed by atoms with Gasteiger partial charge >= 0.3 is 0 Å². The van der Waals surface area contributed by atoms with Crippen molar-refractivity contribution < 1.29 is 5.11 Å². The van der Waals surface area contributed by atoms with E-state index in [0.717, 1.165) is 45.7 Å². The molecule has 2 N–H and O–H groups in total. The van der Waals surface area contributed by atoms with Gasteiger partial charge in [0.15, 0.2) is 0 Å². The summed E-state index contributed by atoms with van der Waals surface area (Å²) >= 11 is 0. The van der Waals surface area contributed by atoms with Crippen molar-refractivity contribution >= 4 is 5.69 Å². The molecule has 2 saturated heterocycles. The molecule has 2 atom stereocenters. The van der Waals surface area contributed by atoms with E-state index in [1.54, 1.807) is 0 Å². The third-order valence-corrected chi connectivity index (χ3v) is 4.42. The SMILES string of the molecule is Cc1cccc(N2CCN(CC3CC(O)CN3)CC2)c1. The fourth-order valence-electron chi connectivity index (χ4n) is 3.26. The van der Waals surface area contributed by atoms with Gasteiger partial charge in [-0.3, -0.25) is 4.90 Å². The first kappa shape index (κ1) is 13.9. The average Bonchev–Trinajstić information content (AvgIpc) is 2.85. The highest BCUT2D eigenvalue weighted by atomic mass is 16.3. The van der Waals surface area contributed by atoms with Crippen LogP contribution in [0.1, 0.15) is 12.0 Å². The number of hydrogen-bond acceptors (Lipinski definition) is 4. The topological polar surface area (TPSA) is 38.7 Å². The number of nitrogens with zero attached hydrogens (tertiary/aromatic N) is 2. The Hall–Kier alpha value is -1.10. The summed E-state index contributed by atoms with van der Waals surface area (Å²) in [6.45, 7) is 8.39. The second-order valence-corrected chi connectivity index (χ2v) is 6.12. The van der Waals surface area contributed by atoms with Crippen molar-refractivity contribution in [2.75, 3.05) is 44.2 Å². The number of benzene rings is 1. The zero-order valence-corrected chi connectivity index (χ0v) is 12.3. The van der Waals surface area contributed by atoms with E-state index in [-0.39, 0.29) is 6.10 Å². The van der Waals surface area contributed by atoms with Crippen molar-refractivity contribution in [3.8, 4) is 0 Å². The molecule has 4 nitrogen and oxygen atoms in total. The number of hydrogen-bond donors (Lipinski definition) is 2. The molecule has 0 spiro atoms. The van der Waals surface area contributed by atoms with E-state index in [1.165, 1.54) is 11.3 Å². The Labute approximate surface area is 121 Å². The number of rotatable bonds is 3. The molecule has 2 heterocycles. The highest BCUT2D eigenvalue weighted by Crippen LogP contribution is 2.18. The summed E-state index contributed by atoms with van der Waals surface area (Å²) < 4.78 is 0. The van der Waals surface area contributed by atoms with Crippen molar-refractivity contribution in [2.45, 2.75) is 25.5 Å². The fraction of sp³-hybridized carbons (Fsp3) is 0.625. The van der Waals surface area contributed by atoms with Crippen LogP contribution in [0, 0.1) is 6.92 Å². The standard InChI is InChI=1S/C16H25N3O/c1-13-3-2-4-15(9-13)19-7-5-18(6-8-19)12-14-10-16(20)11-17-14/h2-4,9,14,16-17,20H,5-8,10-12H2,1H3. The molecule has 2 aliphatic rings. The average molecular weight is 275 g/mol. The minimum Gasteiger partial charge on any atom is -0.392 e. The minimum atomic E-state index is -0.145. The van der Waals surface area contributed by atoms with Crippen LogP contribution in [0.2, 0.25) is 0 Å². The second kappa shape index (κ2) is 6.12. The van der Waals surface area contributed by atoms with Gasteiger partial charge in [-0.15, -0.1) is 0 Å². The number of aryl methyl sites for hydroxylation is 1. The van der Waals surface area contributed by atoms with Crippen LogP contribution in [0.25, 0.3) is 0 Å². The zero-order valence-electron chi connectivity index (χ0n) is 12.3. The number of aliphatic hydroxyl groups excluding tert-OH is 1. The van der Waals surface area contributed by atoms with E-state index in [2.05, 4.69) is 46.3 Å². The van der Waals surface area contributed by atoms with Gasteiger partial charge < -0.3 is 15.3 Å². The van der Waals surface area contributed by atoms with E-state index in [4.69, 9.17) is 0 Å². The first-order valence-electron chi connectivity index (χ1n) is 7.66. The van der Waals surface area contributed by atoms with Gasteiger partial charge in [0.2, 0.25) is 0 Å². The highest BCUT2D eigenvalue weighted by molar-refractivity contribution is 5.48. The molecule has 110 valence electrons. The van der Waals surface area contributed by atoms with Gasteiger partial charge in [0.1, 0.15) is 0 Å². The molecule has 4 heteroatoms. The van der Waals surface area contributed by atoms with Crippen LogP contribution >= 0.6 is 0 Å². The van der Waals surface area contributed by atoms with E-state index >= 15 is 0 Å². The maximum absolute atomic E-state index is 9.56. The maximum atomic E-state index is 9.56. The van der Waals surface area contributed by atoms with Crippen molar-refractivity contribution in [1.29, 1.82) is 0 Å². The first-order valence-corrected chi connectivity index (χ1v) is 7.66. The Morgan fingerprint density at radius 1 is 1.25 bits per heavy atom. The predicted octanol–water partition coefficient (Wildman–Crippen LogP) is 0.840. The maximum Gasteiger partial charge on any atom is 0.0680 e. The van der Waals surface area contributed by atoms with Crippen LogP contribution in [0.5, 0.6) is 0 Å². The quantitative estimate of drug-likeness (QED) is 0.857. The molecule has 0 aromatic heterocycles. The Morgan fingerprint density at radius 2 is 2.05 bits per heavy atom. The number of β-amino-alcohol motifs (C(OH)–C–C–N with tert-alkyl or cyclic N) is 1. The molecule has 0 saturated carbocycles. The van der Waals surface area contributed by atoms with Crippen molar-refractivity contribution in [3.05, 3.63) is 29.8 Å². The lowest BCUT2D eigenvalue weighted by atomic mass is 10.1. The van der Waals surface area contributed by atoms with Crippen molar-refractivity contribution in [2.24, 2.45) is 0 Å². The van der Waals surface area contributed by atoms with E-state index in [9.17, 15) is 5.11 Å². The Balaban J connectivity index is 1.49. The lowest BCUT2D eigenvalue weighted by Crippen LogP contribution is -2.49. The number of aliphatic hydroxyl groups is 1. The molecule has 0 bridgehead atoms. The Bertz CT molecular complexity index is 443. The van der Waals surface area contributed by atoms with Crippen LogP contribution in [-0.2, 0) is 0 Å². The lowest BCUT2D eigenvalue weighted by Gasteiger charge is -2.37. The predicted molar refractivity (Wildman–Crippen MR) is 82.2 cm³/mol. The number of anilines is 1. The van der Waals surface area contributed by atoms with Gasteiger partial charge in [0.25, 0.3) is 0 Å². The van der Waals surface area contributed by atoms with Gasteiger partial charge in [-0.1, -0.05) is 12.1 Å². The molecular formula is C16H25N3O. The summed E-state index contributed by atoms with van der Waals surface area (Å²) in [7, 11) is 0. The normalized spacial score (nSPS) is 28.0. The third kappa shape index (κ3) is 3.32. The molecule has 2 unspecified atom stereocenters. The monoisotopic (exact) mass is 275 g/mol. The summed E-state index contributed by atoms with van der Waals surface area (Å²) in [5.41, 5.74) is 2.67. The highest BCUT2D eigenvalue weighted by Gasteiger charge is 2.25. The second-order valence-electron chi connectivity index (χ2n) is 6.12. The van der Waals surface area contributed by atoms with Crippen LogP contribution < -0.4 is 10.2 Å². The van der Waals surface area contributed by atoms with Crippen LogP contribution in [-0.4, -0.2) is 61.4 Å². The molecule has 2 fully saturated rings. The summed E-state index contributed by atoms with van der Waals surface area (Å²) in [4.78, 5) is 4.99.